The predicted octanol–water partition coefficient (Wildman–Crippen LogP) is 5.81. The quantitative estimate of drug-likeness (QED) is 0.0946. The van der Waals surface area contributed by atoms with Gasteiger partial charge in [-0.2, -0.15) is 0 Å². The first kappa shape index (κ1) is 30.4. The molecule has 1 aliphatic carbocycles. The molecule has 0 radical (unpaired) electrons. The van der Waals surface area contributed by atoms with E-state index in [0.29, 0.717) is 50.9 Å². The number of hydrogen-bond acceptors (Lipinski definition) is 6. The third-order valence-corrected chi connectivity index (χ3v) is 8.39. The van der Waals surface area contributed by atoms with Gasteiger partial charge in [0.2, 0.25) is 5.96 Å². The molecule has 46 heavy (non-hydrogen) atoms. The zero-order chi connectivity index (χ0) is 32.5. The van der Waals surface area contributed by atoms with E-state index in [1.54, 1.807) is 42.5 Å². The molecule has 1 amide bonds. The van der Waals surface area contributed by atoms with Crippen LogP contribution >= 0.6 is 0 Å². The Morgan fingerprint density at radius 1 is 0.978 bits per heavy atom. The smallest absolute Gasteiger partial charge is 0.252 e. The number of amides is 1. The van der Waals surface area contributed by atoms with Crippen LogP contribution in [-0.4, -0.2) is 40.9 Å². The molecule has 1 fully saturated rings. The number of anilines is 1. The van der Waals surface area contributed by atoms with Crippen LogP contribution in [0.3, 0.4) is 0 Å². The van der Waals surface area contributed by atoms with Crippen molar-refractivity contribution in [3.63, 3.8) is 0 Å². The standard InChI is InChI=1S/C36H36N6O4/c1-21-15-22(2)20-41(19-21)36(39)42(35(37)38)24-9-7-23(8-10-24)18-40-34(45)28-6-4-3-5-27(28)33-29-13-11-25(43)16-31(29)46-32-17-26(44)12-14-30(32)33/h3-14,16-17,21-22,39,43H,15,18-20H2,1-2H3,(H3,37,38)(H,40,45). The molecule has 2 atom stereocenters. The number of aromatic hydroxyl groups is 1. The van der Waals surface area contributed by atoms with Gasteiger partial charge >= 0.3 is 0 Å². The first-order valence-electron chi connectivity index (χ1n) is 15.2. The number of nitrogens with zero attached hydrogens (tertiary/aromatic N) is 2. The minimum atomic E-state index is -0.290. The highest BCUT2D eigenvalue weighted by Crippen LogP contribution is 2.41. The minimum Gasteiger partial charge on any atom is -0.508 e. The Kier molecular flexibility index (Phi) is 8.19. The molecule has 6 N–H and O–H groups in total. The van der Waals surface area contributed by atoms with E-state index in [0.717, 1.165) is 30.6 Å². The summed E-state index contributed by atoms with van der Waals surface area (Å²) in [6.45, 7) is 6.06. The van der Waals surface area contributed by atoms with Gasteiger partial charge in [-0.1, -0.05) is 44.2 Å². The number of phenols is 1. The molecule has 3 aromatic carbocycles. The first-order valence-corrected chi connectivity index (χ1v) is 15.2. The highest BCUT2D eigenvalue weighted by atomic mass is 16.3. The van der Waals surface area contributed by atoms with Gasteiger partial charge in [0.25, 0.3) is 5.91 Å². The Morgan fingerprint density at radius 3 is 2.41 bits per heavy atom. The summed E-state index contributed by atoms with van der Waals surface area (Å²) in [5.41, 5.74) is 10.0. The number of carbonyl (C=O) groups excluding carboxylic acids is 1. The van der Waals surface area contributed by atoms with Crippen molar-refractivity contribution in [1.82, 2.24) is 10.2 Å². The van der Waals surface area contributed by atoms with Crippen molar-refractivity contribution >= 4 is 34.5 Å². The number of nitrogens with two attached hydrogens (primary N) is 1. The highest BCUT2D eigenvalue weighted by molar-refractivity contribution is 6.14. The summed E-state index contributed by atoms with van der Waals surface area (Å²) in [4.78, 5) is 29.2. The lowest BCUT2D eigenvalue weighted by Crippen LogP contribution is -2.53. The Bertz CT molecular complexity index is 1980. The fourth-order valence-corrected chi connectivity index (χ4v) is 6.44. The van der Waals surface area contributed by atoms with Crippen LogP contribution in [0, 0.1) is 22.7 Å². The van der Waals surface area contributed by atoms with Crippen LogP contribution in [0.1, 0.15) is 36.2 Å². The Balaban J connectivity index is 1.25. The lowest BCUT2D eigenvalue weighted by Gasteiger charge is -2.39. The van der Waals surface area contributed by atoms with Gasteiger partial charge in [-0.25, -0.2) is 0 Å². The lowest BCUT2D eigenvalue weighted by atomic mass is 9.90. The van der Waals surface area contributed by atoms with Crippen LogP contribution in [0.2, 0.25) is 0 Å². The molecule has 0 spiro atoms. The average Bonchev–Trinajstić information content (AvgIpc) is 3.02. The van der Waals surface area contributed by atoms with Crippen molar-refractivity contribution in [3.8, 4) is 28.2 Å². The number of benzene rings is 4. The average molecular weight is 617 g/mol. The van der Waals surface area contributed by atoms with E-state index in [4.69, 9.17) is 21.0 Å². The monoisotopic (exact) mass is 616 g/mol. The number of fused-ring (bicyclic) bond motifs is 2. The van der Waals surface area contributed by atoms with Crippen LogP contribution in [0.5, 0.6) is 5.75 Å². The van der Waals surface area contributed by atoms with Gasteiger partial charge in [0.1, 0.15) is 17.1 Å². The van der Waals surface area contributed by atoms with E-state index in [1.807, 2.05) is 29.2 Å². The third-order valence-electron chi connectivity index (χ3n) is 8.39. The van der Waals surface area contributed by atoms with Crippen LogP contribution in [0.15, 0.2) is 94.1 Å². The number of guanidine groups is 2. The zero-order valence-corrected chi connectivity index (χ0v) is 25.7. The van der Waals surface area contributed by atoms with E-state index in [2.05, 4.69) is 19.2 Å². The third kappa shape index (κ3) is 6.01. The Labute approximate surface area is 266 Å². The molecule has 3 aliphatic rings. The van der Waals surface area contributed by atoms with Crippen molar-refractivity contribution in [3.05, 3.63) is 106 Å². The predicted molar refractivity (Wildman–Crippen MR) is 180 cm³/mol. The molecular weight excluding hydrogens is 580 g/mol. The number of nitrogens with one attached hydrogen (secondary N) is 3. The van der Waals surface area contributed by atoms with Crippen molar-refractivity contribution in [2.45, 2.75) is 26.8 Å². The molecule has 2 aliphatic heterocycles. The first-order chi connectivity index (χ1) is 22.1. The molecule has 0 aromatic heterocycles. The number of likely N-dealkylation sites (tertiary alicyclic amines) is 1. The largest absolute Gasteiger partial charge is 0.508 e. The second kappa shape index (κ2) is 12.4. The van der Waals surface area contributed by atoms with E-state index >= 15 is 0 Å². The molecule has 2 heterocycles. The van der Waals surface area contributed by atoms with Gasteiger partial charge < -0.3 is 25.5 Å². The highest BCUT2D eigenvalue weighted by Gasteiger charge is 2.28. The Hall–Kier alpha value is -5.64. The second-order valence-electron chi connectivity index (χ2n) is 12.1. The SMILES string of the molecule is CC1CC(C)CN(C(=N)N(C(=N)N)c2ccc(CNC(=O)c3ccccc3-c3c4ccc(=O)cc-4oc4cc(O)ccc34)cc2)C1. The number of carbonyl (C=O) groups is 1. The number of piperidine rings is 1. The zero-order valence-electron chi connectivity index (χ0n) is 25.7. The van der Waals surface area contributed by atoms with Crippen molar-refractivity contribution in [1.29, 1.82) is 10.8 Å². The van der Waals surface area contributed by atoms with Crippen LogP contribution in [0.25, 0.3) is 33.4 Å². The van der Waals surface area contributed by atoms with Crippen LogP contribution < -0.4 is 21.4 Å². The molecule has 0 saturated carbocycles. The summed E-state index contributed by atoms with van der Waals surface area (Å²) in [5, 5.41) is 30.8. The fourth-order valence-electron chi connectivity index (χ4n) is 6.44. The molecule has 6 rings (SSSR count). The summed E-state index contributed by atoms with van der Waals surface area (Å²) >= 11 is 0. The second-order valence-corrected chi connectivity index (χ2v) is 12.1. The van der Waals surface area contributed by atoms with E-state index in [9.17, 15) is 14.7 Å². The summed E-state index contributed by atoms with van der Waals surface area (Å²) < 4.78 is 5.97. The number of phenolic OH excluding ortho intramolecular Hbond substituents is 1. The summed E-state index contributed by atoms with van der Waals surface area (Å²) in [6.07, 6.45) is 1.11. The van der Waals surface area contributed by atoms with Gasteiger partial charge in [0.15, 0.2) is 11.4 Å². The molecule has 3 aromatic rings. The molecule has 10 nitrogen and oxygen atoms in total. The molecule has 2 unspecified atom stereocenters. The molecule has 1 saturated heterocycles. The Morgan fingerprint density at radius 2 is 1.70 bits per heavy atom. The molecular formula is C36H36N6O4. The minimum absolute atomic E-state index is 0.0239. The van der Waals surface area contributed by atoms with Gasteiger partial charge in [0, 0.05) is 53.8 Å². The summed E-state index contributed by atoms with van der Waals surface area (Å²) in [5.74, 6) is 0.929. The maximum Gasteiger partial charge on any atom is 0.252 e. The van der Waals surface area contributed by atoms with Crippen molar-refractivity contribution < 1.29 is 14.3 Å². The van der Waals surface area contributed by atoms with Gasteiger partial charge in [-0.05, 0) is 71.8 Å². The van der Waals surface area contributed by atoms with Crippen LogP contribution in [0.4, 0.5) is 5.69 Å². The topological polar surface area (TPSA) is 160 Å². The van der Waals surface area contributed by atoms with E-state index < -0.39 is 0 Å². The normalized spacial score (nSPS) is 16.3. The van der Waals surface area contributed by atoms with Crippen molar-refractivity contribution in [2.24, 2.45) is 17.6 Å². The maximum absolute atomic E-state index is 13.7. The number of hydrogen-bond donors (Lipinski definition) is 5. The molecule has 234 valence electrons. The van der Waals surface area contributed by atoms with Gasteiger partial charge in [-0.15, -0.1) is 0 Å². The van der Waals surface area contributed by atoms with E-state index in [-0.39, 0.29) is 35.5 Å². The maximum atomic E-state index is 13.7. The summed E-state index contributed by atoms with van der Waals surface area (Å²) in [6, 6.07) is 23.9. The van der Waals surface area contributed by atoms with Crippen molar-refractivity contribution in [2.75, 3.05) is 18.0 Å². The van der Waals surface area contributed by atoms with Gasteiger partial charge in [-0.3, -0.25) is 25.3 Å². The van der Waals surface area contributed by atoms with E-state index in [1.165, 1.54) is 23.1 Å². The molecule has 0 bridgehead atoms. The fraction of sp³-hybridized carbons (Fsp3) is 0.222. The summed E-state index contributed by atoms with van der Waals surface area (Å²) in [7, 11) is 0. The van der Waals surface area contributed by atoms with Crippen LogP contribution in [-0.2, 0) is 6.54 Å². The van der Waals surface area contributed by atoms with Gasteiger partial charge in [0.05, 0.1) is 5.69 Å². The molecule has 10 heteroatoms. The lowest BCUT2D eigenvalue weighted by molar-refractivity contribution is 0.0951. The number of rotatable bonds is 5.